The molecule has 1 N–H and O–H groups in total. The second-order valence-corrected chi connectivity index (χ2v) is 6.24. The molecule has 3 rings (SSSR count). The number of hydrogen-bond donors (Lipinski definition) is 1. The third-order valence-corrected chi connectivity index (χ3v) is 3.57. The van der Waals surface area contributed by atoms with Gasteiger partial charge in [-0.15, -0.1) is 0 Å². The van der Waals surface area contributed by atoms with Crippen LogP contribution < -0.4 is 5.32 Å². The lowest BCUT2D eigenvalue weighted by molar-refractivity contribution is -0.139. The Morgan fingerprint density at radius 3 is 2.90 bits per heavy atom. The Labute approximate surface area is 118 Å². The van der Waals surface area contributed by atoms with E-state index in [1.165, 1.54) is 4.90 Å². The molecule has 3 heterocycles. The Morgan fingerprint density at radius 1 is 1.45 bits per heavy atom. The molecule has 0 aromatic heterocycles. The van der Waals surface area contributed by atoms with Gasteiger partial charge in [-0.25, -0.2) is 9.69 Å². The molecule has 6 nitrogen and oxygen atoms in total. The first-order valence-electron chi connectivity index (χ1n) is 6.82. The fraction of sp³-hybridized carbons (Fsp3) is 0.571. The molecule has 2 amide bonds. The highest BCUT2D eigenvalue weighted by Gasteiger charge is 2.47. The molecule has 0 aromatic rings. The molecule has 2 saturated heterocycles. The molecule has 3 aliphatic heterocycles. The number of carbonyl (C=O) groups is 2. The van der Waals surface area contributed by atoms with Crippen molar-refractivity contribution < 1.29 is 14.3 Å². The van der Waals surface area contributed by atoms with Gasteiger partial charge in [-0.3, -0.25) is 4.79 Å². The number of piperazine rings is 1. The quantitative estimate of drug-likeness (QED) is 0.710. The van der Waals surface area contributed by atoms with Crippen molar-refractivity contribution in [3.8, 4) is 0 Å². The second kappa shape index (κ2) is 4.26. The molecule has 0 aromatic carbocycles. The Bertz CT molecular complexity index is 518. The molecule has 3 aliphatic rings. The van der Waals surface area contributed by atoms with Crippen LogP contribution in [0.2, 0.25) is 0 Å². The summed E-state index contributed by atoms with van der Waals surface area (Å²) >= 11 is 0. The topological polar surface area (TPSA) is 61.9 Å². The molecule has 108 valence electrons. The van der Waals surface area contributed by atoms with E-state index in [-0.39, 0.29) is 18.0 Å². The normalized spacial score (nSPS) is 27.9. The third kappa shape index (κ3) is 2.05. The van der Waals surface area contributed by atoms with Crippen molar-refractivity contribution in [3.05, 3.63) is 24.0 Å². The van der Waals surface area contributed by atoms with Gasteiger partial charge in [-0.1, -0.05) is 12.2 Å². The summed E-state index contributed by atoms with van der Waals surface area (Å²) in [5.41, 5.74) is -0.601. The van der Waals surface area contributed by atoms with E-state index in [4.69, 9.17) is 4.74 Å². The summed E-state index contributed by atoms with van der Waals surface area (Å²) in [5, 5.41) is 3.20. The summed E-state index contributed by atoms with van der Waals surface area (Å²) in [6, 6.07) is -0.294. The Hall–Kier alpha value is -1.98. The van der Waals surface area contributed by atoms with Gasteiger partial charge in [0.2, 0.25) is 0 Å². The van der Waals surface area contributed by atoms with Crippen molar-refractivity contribution in [1.82, 2.24) is 15.1 Å². The first kappa shape index (κ1) is 13.0. The van der Waals surface area contributed by atoms with Gasteiger partial charge in [0.15, 0.2) is 0 Å². The molecule has 2 unspecified atom stereocenters. The van der Waals surface area contributed by atoms with Gasteiger partial charge >= 0.3 is 6.09 Å². The maximum Gasteiger partial charge on any atom is 0.417 e. The largest absolute Gasteiger partial charge is 0.443 e. The van der Waals surface area contributed by atoms with Crippen LogP contribution in [-0.4, -0.2) is 52.6 Å². The van der Waals surface area contributed by atoms with Gasteiger partial charge in [0.05, 0.1) is 12.6 Å². The number of amides is 2. The van der Waals surface area contributed by atoms with Crippen molar-refractivity contribution in [2.45, 2.75) is 38.5 Å². The monoisotopic (exact) mass is 277 g/mol. The summed E-state index contributed by atoms with van der Waals surface area (Å²) in [7, 11) is 0. The van der Waals surface area contributed by atoms with E-state index in [0.717, 1.165) is 5.82 Å². The van der Waals surface area contributed by atoms with E-state index in [1.807, 2.05) is 23.1 Å². The number of rotatable bonds is 0. The van der Waals surface area contributed by atoms with E-state index < -0.39 is 11.7 Å². The predicted octanol–water partition coefficient (Wildman–Crippen LogP) is 0.817. The highest BCUT2D eigenvalue weighted by molar-refractivity contribution is 5.96. The number of ether oxygens (including phenoxy) is 1. The van der Waals surface area contributed by atoms with E-state index in [1.54, 1.807) is 20.8 Å². The van der Waals surface area contributed by atoms with Gasteiger partial charge in [-0.05, 0) is 26.8 Å². The molecular formula is C14H19N3O3. The Kier molecular flexibility index (Phi) is 2.77. The van der Waals surface area contributed by atoms with Crippen molar-refractivity contribution in [2.75, 3.05) is 13.1 Å². The number of hydrogen-bond acceptors (Lipinski definition) is 5. The lowest BCUT2D eigenvalue weighted by atomic mass is 10.0. The Balaban J connectivity index is 1.82. The van der Waals surface area contributed by atoms with Gasteiger partial charge in [0.1, 0.15) is 17.5 Å². The second-order valence-electron chi connectivity index (χ2n) is 6.24. The van der Waals surface area contributed by atoms with E-state index >= 15 is 0 Å². The van der Waals surface area contributed by atoms with Crippen LogP contribution in [0.4, 0.5) is 4.79 Å². The maximum absolute atomic E-state index is 12.5. The third-order valence-electron chi connectivity index (χ3n) is 3.57. The summed E-state index contributed by atoms with van der Waals surface area (Å²) in [5.74, 6) is 0.765. The lowest BCUT2D eigenvalue weighted by Crippen LogP contribution is -2.61. The molecule has 2 fully saturated rings. The first-order valence-corrected chi connectivity index (χ1v) is 6.82. The predicted molar refractivity (Wildman–Crippen MR) is 72.6 cm³/mol. The van der Waals surface area contributed by atoms with E-state index in [9.17, 15) is 9.59 Å². The summed E-state index contributed by atoms with van der Waals surface area (Å²) in [4.78, 5) is 27.9. The van der Waals surface area contributed by atoms with Crippen LogP contribution in [0.5, 0.6) is 0 Å². The highest BCUT2D eigenvalue weighted by Crippen LogP contribution is 2.29. The van der Waals surface area contributed by atoms with Crippen LogP contribution in [-0.2, 0) is 9.53 Å². The molecule has 0 radical (unpaired) electrons. The molecule has 6 heteroatoms. The van der Waals surface area contributed by atoms with Gasteiger partial charge < -0.3 is 15.0 Å². The maximum atomic E-state index is 12.5. The van der Waals surface area contributed by atoms with Gasteiger partial charge in [0.25, 0.3) is 5.91 Å². The van der Waals surface area contributed by atoms with E-state index in [2.05, 4.69) is 5.32 Å². The number of carbonyl (C=O) groups excluding carboxylic acids is 2. The fourth-order valence-corrected chi connectivity index (χ4v) is 2.77. The molecule has 0 bridgehead atoms. The molecule has 2 atom stereocenters. The van der Waals surface area contributed by atoms with Crippen LogP contribution in [0.15, 0.2) is 24.0 Å². The minimum Gasteiger partial charge on any atom is -0.443 e. The van der Waals surface area contributed by atoms with Crippen LogP contribution in [0, 0.1) is 0 Å². The van der Waals surface area contributed by atoms with E-state index in [0.29, 0.717) is 13.1 Å². The zero-order valence-corrected chi connectivity index (χ0v) is 11.9. The molecule has 0 spiro atoms. The van der Waals surface area contributed by atoms with Crippen LogP contribution in [0.3, 0.4) is 0 Å². The van der Waals surface area contributed by atoms with Crippen molar-refractivity contribution >= 4 is 12.0 Å². The zero-order chi connectivity index (χ0) is 14.5. The fourth-order valence-electron chi connectivity index (χ4n) is 2.77. The smallest absolute Gasteiger partial charge is 0.417 e. The minimum absolute atomic E-state index is 0.0280. The average Bonchev–Trinajstić information content (AvgIpc) is 2.77. The minimum atomic E-state index is -0.601. The molecule has 20 heavy (non-hydrogen) atoms. The Morgan fingerprint density at radius 2 is 2.20 bits per heavy atom. The SMILES string of the molecule is CC(C)(C)OC(=O)N1CC2C=CC=C3NCC(C1=O)N32. The number of imide groups is 1. The lowest BCUT2D eigenvalue weighted by Gasteiger charge is -2.42. The molecule has 0 saturated carbocycles. The standard InChI is InChI=1S/C14H19N3O3/c1-14(2,3)20-13(19)16-8-9-5-4-6-11-15-7-10(12(16)18)17(9)11/h4-6,9-10,15H,7-8H2,1-3H3. The number of nitrogens with one attached hydrogen (secondary N) is 1. The summed E-state index contributed by atoms with van der Waals surface area (Å²) < 4.78 is 5.32. The number of allylic oxidation sites excluding steroid dienone is 2. The zero-order valence-electron chi connectivity index (χ0n) is 11.9. The van der Waals surface area contributed by atoms with Gasteiger partial charge in [-0.2, -0.15) is 0 Å². The van der Waals surface area contributed by atoms with Crippen LogP contribution in [0.25, 0.3) is 0 Å². The average molecular weight is 277 g/mol. The van der Waals surface area contributed by atoms with Gasteiger partial charge in [0, 0.05) is 6.54 Å². The highest BCUT2D eigenvalue weighted by atomic mass is 16.6. The first-order chi connectivity index (χ1) is 9.37. The summed E-state index contributed by atoms with van der Waals surface area (Å²) in [6.45, 7) is 6.25. The van der Waals surface area contributed by atoms with Crippen molar-refractivity contribution in [3.63, 3.8) is 0 Å². The van der Waals surface area contributed by atoms with Crippen LogP contribution >= 0.6 is 0 Å². The van der Waals surface area contributed by atoms with Crippen molar-refractivity contribution in [2.24, 2.45) is 0 Å². The van der Waals surface area contributed by atoms with Crippen LogP contribution in [0.1, 0.15) is 20.8 Å². The molecular weight excluding hydrogens is 258 g/mol. The molecule has 0 aliphatic carbocycles. The van der Waals surface area contributed by atoms with Crippen molar-refractivity contribution in [1.29, 1.82) is 0 Å². The number of nitrogens with zero attached hydrogens (tertiary/aromatic N) is 2. The summed E-state index contributed by atoms with van der Waals surface area (Å²) in [6.07, 6.45) is 5.35.